The van der Waals surface area contributed by atoms with Crippen LogP contribution in [0.2, 0.25) is 0 Å². The SMILES string of the molecule is COc1ccc(CN2C(=O)CCC(n3c(=O)n(C)c4c(N5CCC6(CC5)CCN(C(=O)O)C(C(C)(C)C)C6)cccc43)C2=O)cc1. The highest BCUT2D eigenvalue weighted by atomic mass is 16.5. The van der Waals surface area contributed by atoms with E-state index in [0.717, 1.165) is 55.5 Å². The average Bonchev–Trinajstić information content (AvgIpc) is 3.28. The number of nitrogens with zero attached hydrogens (tertiary/aromatic N) is 5. The zero-order valence-corrected chi connectivity index (χ0v) is 27.5. The molecular weight excluding hydrogens is 586 g/mol. The fourth-order valence-corrected chi connectivity index (χ4v) is 7.93. The number of piperidine rings is 3. The number of aromatic nitrogens is 2. The molecular formula is C35H45N5O6. The third kappa shape index (κ3) is 5.54. The number of rotatable bonds is 5. The number of carbonyl (C=O) groups is 3. The fraction of sp³-hybridized carbons (Fsp3) is 0.543. The molecule has 0 bridgehead atoms. The molecule has 0 saturated carbocycles. The lowest BCUT2D eigenvalue weighted by molar-refractivity contribution is -0.151. The molecule has 6 rings (SSSR count). The van der Waals surface area contributed by atoms with Crippen molar-refractivity contribution >= 4 is 34.6 Å². The molecule has 3 fully saturated rings. The van der Waals surface area contributed by atoms with Crippen LogP contribution in [0.5, 0.6) is 5.75 Å². The third-order valence-electron chi connectivity index (χ3n) is 10.7. The molecule has 2 aromatic carbocycles. The van der Waals surface area contributed by atoms with Gasteiger partial charge in [0, 0.05) is 39.1 Å². The Balaban J connectivity index is 1.25. The maximum Gasteiger partial charge on any atom is 0.407 e. The number of para-hydroxylation sites is 1. The van der Waals surface area contributed by atoms with E-state index in [1.54, 1.807) is 40.3 Å². The molecule has 2 unspecified atom stereocenters. The van der Waals surface area contributed by atoms with Crippen molar-refractivity contribution in [2.75, 3.05) is 31.6 Å². The number of benzene rings is 2. The van der Waals surface area contributed by atoms with Gasteiger partial charge in [0.25, 0.3) is 5.91 Å². The second-order valence-corrected chi connectivity index (χ2v) is 14.4. The van der Waals surface area contributed by atoms with Gasteiger partial charge in [0.2, 0.25) is 5.91 Å². The number of imide groups is 1. The molecule has 0 radical (unpaired) electrons. The molecule has 3 aliphatic rings. The van der Waals surface area contributed by atoms with Crippen LogP contribution in [0.25, 0.3) is 11.0 Å². The zero-order chi connectivity index (χ0) is 33.0. The van der Waals surface area contributed by atoms with Crippen LogP contribution in [0.4, 0.5) is 10.5 Å². The van der Waals surface area contributed by atoms with Crippen LogP contribution in [-0.2, 0) is 23.2 Å². The van der Waals surface area contributed by atoms with Crippen LogP contribution in [0.1, 0.15) is 70.9 Å². The van der Waals surface area contributed by atoms with Crippen molar-refractivity contribution in [2.45, 2.75) is 77.9 Å². The lowest BCUT2D eigenvalue weighted by Gasteiger charge is -2.53. The predicted molar refractivity (Wildman–Crippen MR) is 175 cm³/mol. The Morgan fingerprint density at radius 1 is 1.00 bits per heavy atom. The summed E-state index contributed by atoms with van der Waals surface area (Å²) in [7, 11) is 3.33. The normalized spacial score (nSPS) is 22.2. The highest BCUT2D eigenvalue weighted by Crippen LogP contribution is 2.48. The van der Waals surface area contributed by atoms with E-state index in [-0.39, 0.29) is 53.8 Å². The molecule has 11 nitrogen and oxygen atoms in total. The largest absolute Gasteiger partial charge is 0.497 e. The number of aryl methyl sites for hydroxylation is 1. The first-order chi connectivity index (χ1) is 21.8. The Morgan fingerprint density at radius 2 is 1.67 bits per heavy atom. The Kier molecular flexibility index (Phi) is 8.14. The molecule has 3 aliphatic heterocycles. The van der Waals surface area contributed by atoms with Crippen LogP contribution in [0, 0.1) is 10.8 Å². The van der Waals surface area contributed by atoms with Gasteiger partial charge >= 0.3 is 11.8 Å². The number of ether oxygens (including phenoxy) is 1. The molecule has 1 aromatic heterocycles. The molecule has 3 saturated heterocycles. The number of likely N-dealkylation sites (tertiary alicyclic amines) is 2. The van der Waals surface area contributed by atoms with E-state index in [1.807, 2.05) is 30.3 Å². The first kappa shape index (κ1) is 31.7. The maximum absolute atomic E-state index is 13.9. The van der Waals surface area contributed by atoms with Gasteiger partial charge < -0.3 is 19.6 Å². The number of imidazole rings is 1. The van der Waals surface area contributed by atoms with Crippen LogP contribution < -0.4 is 15.3 Å². The summed E-state index contributed by atoms with van der Waals surface area (Å²) in [4.78, 5) is 57.9. The standard InChI is InChI=1S/C35H45N5O6/c1-34(2,3)28-21-35(17-20-38(28)33(44)45)15-18-37(19-16-35)25-7-6-8-26-30(25)36(4)32(43)40(26)27-13-14-29(41)39(31(27)42)22-23-9-11-24(46-5)12-10-23/h6-12,27-28H,13-22H2,1-5H3,(H,44,45). The number of carbonyl (C=O) groups excluding carboxylic acids is 2. The molecule has 11 heteroatoms. The van der Waals surface area contributed by atoms with E-state index in [1.165, 1.54) is 4.90 Å². The van der Waals surface area contributed by atoms with Crippen molar-refractivity contribution in [3.05, 3.63) is 58.5 Å². The van der Waals surface area contributed by atoms with E-state index >= 15 is 0 Å². The molecule has 46 heavy (non-hydrogen) atoms. The Bertz CT molecular complexity index is 1710. The highest BCUT2D eigenvalue weighted by Gasteiger charge is 2.47. The van der Waals surface area contributed by atoms with Crippen molar-refractivity contribution in [1.29, 1.82) is 0 Å². The van der Waals surface area contributed by atoms with Crippen molar-refractivity contribution in [1.82, 2.24) is 18.9 Å². The van der Waals surface area contributed by atoms with Gasteiger partial charge in [0.1, 0.15) is 11.8 Å². The van der Waals surface area contributed by atoms with Gasteiger partial charge in [-0.05, 0) is 72.8 Å². The summed E-state index contributed by atoms with van der Waals surface area (Å²) in [6.45, 7) is 8.66. The number of hydrogen-bond donors (Lipinski definition) is 1. The minimum atomic E-state index is -0.839. The topological polar surface area (TPSA) is 117 Å². The molecule has 1 spiro atoms. The van der Waals surface area contributed by atoms with Gasteiger partial charge in [-0.3, -0.25) is 23.6 Å². The molecule has 3 aromatic rings. The van der Waals surface area contributed by atoms with E-state index < -0.39 is 12.1 Å². The van der Waals surface area contributed by atoms with Crippen molar-refractivity contribution in [2.24, 2.45) is 17.9 Å². The number of hydrogen-bond acceptors (Lipinski definition) is 6. The van der Waals surface area contributed by atoms with Crippen molar-refractivity contribution in [3.8, 4) is 5.75 Å². The number of anilines is 1. The molecule has 1 N–H and O–H groups in total. The van der Waals surface area contributed by atoms with E-state index in [0.29, 0.717) is 17.8 Å². The lowest BCUT2D eigenvalue weighted by atomic mass is 9.64. The fourth-order valence-electron chi connectivity index (χ4n) is 7.93. The molecule has 246 valence electrons. The maximum atomic E-state index is 13.9. The summed E-state index contributed by atoms with van der Waals surface area (Å²) in [5.74, 6) is 0.0850. The van der Waals surface area contributed by atoms with Gasteiger partial charge in [-0.2, -0.15) is 0 Å². The lowest BCUT2D eigenvalue weighted by Crippen LogP contribution is -2.56. The number of methoxy groups -OCH3 is 1. The summed E-state index contributed by atoms with van der Waals surface area (Å²) < 4.78 is 8.44. The van der Waals surface area contributed by atoms with Gasteiger partial charge in [-0.25, -0.2) is 9.59 Å². The Hall–Kier alpha value is -4.28. The van der Waals surface area contributed by atoms with E-state index in [4.69, 9.17) is 4.74 Å². The summed E-state index contributed by atoms with van der Waals surface area (Å²) in [5, 5.41) is 9.87. The minimum Gasteiger partial charge on any atom is -0.497 e. The number of carboxylic acid groups (broad SMARTS) is 1. The predicted octanol–water partition coefficient (Wildman–Crippen LogP) is 5.01. The second-order valence-electron chi connectivity index (χ2n) is 14.4. The Labute approximate surface area is 269 Å². The molecule has 4 heterocycles. The molecule has 2 atom stereocenters. The average molecular weight is 632 g/mol. The molecule has 3 amide bonds. The van der Waals surface area contributed by atoms with Crippen LogP contribution in [0.15, 0.2) is 47.3 Å². The third-order valence-corrected chi connectivity index (χ3v) is 10.7. The van der Waals surface area contributed by atoms with Crippen molar-refractivity contribution in [3.63, 3.8) is 0 Å². The summed E-state index contributed by atoms with van der Waals surface area (Å²) in [6, 6.07) is 12.3. The van der Waals surface area contributed by atoms with Crippen molar-refractivity contribution < 1.29 is 24.2 Å². The highest BCUT2D eigenvalue weighted by molar-refractivity contribution is 6.00. The monoisotopic (exact) mass is 631 g/mol. The minimum absolute atomic E-state index is 0.0345. The Morgan fingerprint density at radius 3 is 2.30 bits per heavy atom. The number of amides is 3. The second kappa shape index (κ2) is 11.8. The first-order valence-corrected chi connectivity index (χ1v) is 16.3. The quantitative estimate of drug-likeness (QED) is 0.394. The summed E-state index contributed by atoms with van der Waals surface area (Å²) in [6.07, 6.45) is 3.21. The van der Waals surface area contributed by atoms with E-state index in [2.05, 4.69) is 25.7 Å². The summed E-state index contributed by atoms with van der Waals surface area (Å²) >= 11 is 0. The van der Waals surface area contributed by atoms with Gasteiger partial charge in [0.15, 0.2) is 0 Å². The van der Waals surface area contributed by atoms with Crippen LogP contribution in [-0.4, -0.2) is 74.7 Å². The van der Waals surface area contributed by atoms with Gasteiger partial charge in [0.05, 0.1) is 30.4 Å². The van der Waals surface area contributed by atoms with Crippen LogP contribution in [0.3, 0.4) is 0 Å². The smallest absolute Gasteiger partial charge is 0.407 e. The first-order valence-electron chi connectivity index (χ1n) is 16.3. The summed E-state index contributed by atoms with van der Waals surface area (Å²) in [5.41, 5.74) is 2.88. The van der Waals surface area contributed by atoms with Gasteiger partial charge in [-0.1, -0.05) is 39.0 Å². The number of fused-ring (bicyclic) bond motifs is 1. The van der Waals surface area contributed by atoms with E-state index in [9.17, 15) is 24.3 Å². The molecule has 0 aliphatic carbocycles. The van der Waals surface area contributed by atoms with Crippen LogP contribution >= 0.6 is 0 Å². The van der Waals surface area contributed by atoms with Gasteiger partial charge in [-0.15, -0.1) is 0 Å². The zero-order valence-electron chi connectivity index (χ0n) is 27.5.